The Morgan fingerprint density at radius 3 is 2.71 bits per heavy atom. The number of nitrogen functional groups attached to an aromatic ring is 1. The van der Waals surface area contributed by atoms with E-state index in [-0.39, 0.29) is 5.12 Å². The molecule has 38 heavy (non-hydrogen) atoms. The number of pyridine rings is 1. The molecule has 1 aliphatic carbocycles. The van der Waals surface area contributed by atoms with Gasteiger partial charge in [-0.3, -0.25) is 9.20 Å². The second kappa shape index (κ2) is 10.6. The molecule has 5 aromatic rings. The molecule has 2 aromatic carbocycles. The number of carbonyl (C=O) groups is 1. The lowest BCUT2D eigenvalue weighted by molar-refractivity contribution is -0.109. The molecule has 0 bridgehead atoms. The van der Waals surface area contributed by atoms with Crippen molar-refractivity contribution in [1.29, 1.82) is 0 Å². The Bertz CT molecular complexity index is 1610. The predicted molar refractivity (Wildman–Crippen MR) is 155 cm³/mol. The first-order valence-corrected chi connectivity index (χ1v) is 14.0. The van der Waals surface area contributed by atoms with Gasteiger partial charge in [0.15, 0.2) is 5.12 Å². The average molecular weight is 523 g/mol. The summed E-state index contributed by atoms with van der Waals surface area (Å²) in [5.74, 6) is 3.32. The van der Waals surface area contributed by atoms with Crippen molar-refractivity contribution in [1.82, 2.24) is 24.7 Å². The maximum Gasteiger partial charge on any atom is 0.185 e. The van der Waals surface area contributed by atoms with Crippen molar-refractivity contribution >= 4 is 39.1 Å². The smallest absolute Gasteiger partial charge is 0.185 e. The van der Waals surface area contributed by atoms with E-state index in [4.69, 9.17) is 15.7 Å². The number of aromatic nitrogens is 4. The van der Waals surface area contributed by atoms with Crippen molar-refractivity contribution in [3.63, 3.8) is 0 Å². The van der Waals surface area contributed by atoms with E-state index >= 15 is 0 Å². The second-order valence-electron chi connectivity index (χ2n) is 9.90. The van der Waals surface area contributed by atoms with Crippen LogP contribution in [0.25, 0.3) is 38.9 Å². The van der Waals surface area contributed by atoms with Crippen LogP contribution in [0.5, 0.6) is 0 Å². The zero-order valence-electron chi connectivity index (χ0n) is 21.3. The number of nitrogens with zero attached hydrogens (tertiary/aromatic N) is 4. The number of nitrogens with one attached hydrogen (secondary N) is 1. The standard InChI is InChI=1S/C30H30N6OS/c1-19(37)38-14-12-32-18-20-15-24(16-20)30-35-27(28-29(31)33-11-13-36(28)30)23-8-7-22-9-10-25(34-26(22)17-23)21-5-3-2-4-6-21/h2-11,13,17,20,24,32H,12,14-16,18H2,1H3,(H2,31,33). The molecule has 8 heteroatoms. The molecule has 192 valence electrons. The van der Waals surface area contributed by atoms with Gasteiger partial charge in [0.2, 0.25) is 0 Å². The zero-order valence-corrected chi connectivity index (χ0v) is 22.1. The summed E-state index contributed by atoms with van der Waals surface area (Å²) in [6.07, 6.45) is 5.87. The second-order valence-corrected chi connectivity index (χ2v) is 11.2. The van der Waals surface area contributed by atoms with E-state index in [1.54, 1.807) is 13.1 Å². The number of hydrogen-bond donors (Lipinski definition) is 2. The van der Waals surface area contributed by atoms with Crippen molar-refractivity contribution in [2.24, 2.45) is 5.92 Å². The maximum atomic E-state index is 11.1. The Labute approximate surface area is 225 Å². The number of nitrogens with two attached hydrogens (primary N) is 1. The Morgan fingerprint density at radius 2 is 1.89 bits per heavy atom. The van der Waals surface area contributed by atoms with Crippen LogP contribution < -0.4 is 11.1 Å². The van der Waals surface area contributed by atoms with Crippen LogP contribution in [0.15, 0.2) is 73.1 Å². The Balaban J connectivity index is 1.27. The molecule has 0 spiro atoms. The SMILES string of the molecule is CC(=O)SCCNCC1CC(c2nc(-c3ccc4ccc(-c5ccccc5)nc4c3)c3c(N)nccn23)C1. The van der Waals surface area contributed by atoms with Gasteiger partial charge in [0.1, 0.15) is 22.9 Å². The van der Waals surface area contributed by atoms with Gasteiger partial charge >= 0.3 is 0 Å². The van der Waals surface area contributed by atoms with E-state index in [0.29, 0.717) is 17.7 Å². The number of imidazole rings is 1. The summed E-state index contributed by atoms with van der Waals surface area (Å²) in [6.45, 7) is 3.43. The quantitative estimate of drug-likeness (QED) is 0.258. The molecule has 0 atom stereocenters. The molecule has 0 amide bonds. The van der Waals surface area contributed by atoms with Crippen LogP contribution in [0.4, 0.5) is 5.82 Å². The van der Waals surface area contributed by atoms with Crippen molar-refractivity contribution in [2.75, 3.05) is 24.6 Å². The van der Waals surface area contributed by atoms with Gasteiger partial charge in [0.25, 0.3) is 0 Å². The molecule has 3 heterocycles. The van der Waals surface area contributed by atoms with Crippen molar-refractivity contribution in [3.05, 3.63) is 78.9 Å². The van der Waals surface area contributed by atoms with E-state index in [2.05, 4.69) is 57.2 Å². The molecule has 1 aliphatic rings. The minimum absolute atomic E-state index is 0.171. The van der Waals surface area contributed by atoms with Gasteiger partial charge in [-0.2, -0.15) is 0 Å². The molecule has 1 fully saturated rings. The summed E-state index contributed by atoms with van der Waals surface area (Å²) >= 11 is 1.37. The maximum absolute atomic E-state index is 11.1. The zero-order chi connectivity index (χ0) is 26.1. The van der Waals surface area contributed by atoms with E-state index in [9.17, 15) is 4.79 Å². The first-order valence-electron chi connectivity index (χ1n) is 13.0. The number of rotatable bonds is 8. The average Bonchev–Trinajstić information content (AvgIpc) is 3.29. The molecule has 0 radical (unpaired) electrons. The third kappa shape index (κ3) is 4.89. The van der Waals surface area contributed by atoms with Gasteiger partial charge in [0, 0.05) is 54.0 Å². The molecular weight excluding hydrogens is 492 g/mol. The van der Waals surface area contributed by atoms with E-state index < -0.39 is 0 Å². The summed E-state index contributed by atoms with van der Waals surface area (Å²) in [7, 11) is 0. The topological polar surface area (TPSA) is 98.2 Å². The van der Waals surface area contributed by atoms with Gasteiger partial charge in [-0.1, -0.05) is 60.3 Å². The minimum Gasteiger partial charge on any atom is -0.382 e. The molecule has 0 saturated heterocycles. The number of carbonyl (C=O) groups excluding carboxylic acids is 1. The predicted octanol–water partition coefficient (Wildman–Crippen LogP) is 5.56. The summed E-state index contributed by atoms with van der Waals surface area (Å²) in [5.41, 5.74) is 12.0. The van der Waals surface area contributed by atoms with Crippen LogP contribution in [0.3, 0.4) is 0 Å². The lowest BCUT2D eigenvalue weighted by Gasteiger charge is -2.34. The Hall–Kier alpha value is -3.75. The summed E-state index contributed by atoms with van der Waals surface area (Å²) < 4.78 is 2.12. The minimum atomic E-state index is 0.171. The molecule has 7 nitrogen and oxygen atoms in total. The summed E-state index contributed by atoms with van der Waals surface area (Å²) in [4.78, 5) is 25.6. The third-order valence-electron chi connectivity index (χ3n) is 7.26. The van der Waals surface area contributed by atoms with Gasteiger partial charge in [0.05, 0.1) is 11.2 Å². The lowest BCUT2D eigenvalue weighted by Crippen LogP contribution is -2.33. The largest absolute Gasteiger partial charge is 0.382 e. The molecular formula is C30H30N6OS. The number of anilines is 1. The number of benzene rings is 2. The van der Waals surface area contributed by atoms with Crippen LogP contribution in [0, 0.1) is 5.92 Å². The van der Waals surface area contributed by atoms with E-state index in [1.165, 1.54) is 11.8 Å². The Kier molecular flexibility index (Phi) is 6.82. The fourth-order valence-corrected chi connectivity index (χ4v) is 5.83. The highest BCUT2D eigenvalue weighted by molar-refractivity contribution is 8.13. The molecule has 0 aliphatic heterocycles. The van der Waals surface area contributed by atoms with Crippen LogP contribution in [0.2, 0.25) is 0 Å². The number of hydrogen-bond acceptors (Lipinski definition) is 7. The first-order chi connectivity index (χ1) is 18.6. The fourth-order valence-electron chi connectivity index (χ4n) is 5.30. The fraction of sp³-hybridized carbons (Fsp3) is 0.267. The van der Waals surface area contributed by atoms with Crippen LogP contribution in [0.1, 0.15) is 31.5 Å². The van der Waals surface area contributed by atoms with Crippen molar-refractivity contribution in [3.8, 4) is 22.5 Å². The highest BCUT2D eigenvalue weighted by Crippen LogP contribution is 2.43. The summed E-state index contributed by atoms with van der Waals surface area (Å²) in [5, 5.41) is 4.74. The third-order valence-corrected chi connectivity index (χ3v) is 8.08. The van der Waals surface area contributed by atoms with E-state index in [1.807, 2.05) is 24.4 Å². The van der Waals surface area contributed by atoms with Gasteiger partial charge in [-0.25, -0.2) is 15.0 Å². The molecule has 3 aromatic heterocycles. The molecule has 6 rings (SSSR count). The van der Waals surface area contributed by atoms with Crippen LogP contribution in [-0.4, -0.2) is 43.3 Å². The lowest BCUT2D eigenvalue weighted by atomic mass is 9.74. The van der Waals surface area contributed by atoms with E-state index in [0.717, 1.165) is 76.4 Å². The van der Waals surface area contributed by atoms with Crippen molar-refractivity contribution < 1.29 is 4.79 Å². The first kappa shape index (κ1) is 24.6. The van der Waals surface area contributed by atoms with Gasteiger partial charge in [-0.05, 0) is 37.4 Å². The highest BCUT2D eigenvalue weighted by Gasteiger charge is 2.34. The summed E-state index contributed by atoms with van der Waals surface area (Å²) in [6, 6.07) is 20.7. The highest BCUT2D eigenvalue weighted by atomic mass is 32.2. The van der Waals surface area contributed by atoms with Gasteiger partial charge < -0.3 is 11.1 Å². The number of thioether (sulfide) groups is 1. The van der Waals surface area contributed by atoms with Crippen LogP contribution >= 0.6 is 11.8 Å². The van der Waals surface area contributed by atoms with Crippen LogP contribution in [-0.2, 0) is 4.79 Å². The number of fused-ring (bicyclic) bond motifs is 2. The van der Waals surface area contributed by atoms with Gasteiger partial charge in [-0.15, -0.1) is 0 Å². The normalized spacial score (nSPS) is 17.1. The molecule has 3 N–H and O–H groups in total. The van der Waals surface area contributed by atoms with Crippen molar-refractivity contribution in [2.45, 2.75) is 25.7 Å². The molecule has 0 unspecified atom stereocenters. The molecule has 1 saturated carbocycles. The Morgan fingerprint density at radius 1 is 1.08 bits per heavy atom. The monoisotopic (exact) mass is 522 g/mol.